The van der Waals surface area contributed by atoms with Crippen molar-refractivity contribution in [3.05, 3.63) is 65.5 Å². The number of carbonyl (C=O) groups excluding carboxylic acids is 1. The Hall–Kier alpha value is -3.74. The number of carboxylic acids is 1. The second kappa shape index (κ2) is 15.6. The molecule has 43 heavy (non-hydrogen) atoms. The molecule has 2 aromatic carbocycles. The standard InChI is InChI=1S/C30H36F3N3O6S/c1-2-3-4-5-6-7-8-9-10-11-26-35-28(42-36-26)23-16-14-22(15-17-23)25(34-27(37)29(38)39)20-21-12-18-24(19-13-21)43(40,41)30(31,32)33/h12-19,25H,2-11,20H2,1H3,(H,34,37)(H,38,39). The first-order valence-corrected chi connectivity index (χ1v) is 15.8. The van der Waals surface area contributed by atoms with E-state index < -0.39 is 38.2 Å². The summed E-state index contributed by atoms with van der Waals surface area (Å²) in [6, 6.07) is 9.73. The molecule has 0 saturated carbocycles. The molecule has 13 heteroatoms. The van der Waals surface area contributed by atoms with Crippen molar-refractivity contribution in [2.24, 2.45) is 0 Å². The lowest BCUT2D eigenvalue weighted by Crippen LogP contribution is -2.35. The maximum Gasteiger partial charge on any atom is 0.501 e. The first kappa shape index (κ1) is 33.8. The van der Waals surface area contributed by atoms with Crippen molar-refractivity contribution in [1.29, 1.82) is 0 Å². The molecule has 1 heterocycles. The lowest BCUT2D eigenvalue weighted by atomic mass is 9.97. The summed E-state index contributed by atoms with van der Waals surface area (Å²) in [5.74, 6) is -2.07. The summed E-state index contributed by atoms with van der Waals surface area (Å²) in [6.45, 7) is 2.21. The maximum absolute atomic E-state index is 12.9. The molecule has 1 unspecified atom stereocenters. The number of hydrogen-bond donors (Lipinski definition) is 2. The molecule has 0 aliphatic carbocycles. The number of amides is 1. The second-order valence-corrected chi connectivity index (χ2v) is 12.3. The summed E-state index contributed by atoms with van der Waals surface area (Å²) in [4.78, 5) is 26.7. The van der Waals surface area contributed by atoms with Crippen LogP contribution >= 0.6 is 0 Å². The van der Waals surface area contributed by atoms with E-state index in [1.54, 1.807) is 24.3 Å². The number of hydrogen-bond acceptors (Lipinski definition) is 7. The van der Waals surface area contributed by atoms with Gasteiger partial charge in [-0.05, 0) is 48.2 Å². The number of benzene rings is 2. The third-order valence-electron chi connectivity index (χ3n) is 7.01. The van der Waals surface area contributed by atoms with Gasteiger partial charge in [-0.3, -0.25) is 4.79 Å². The van der Waals surface area contributed by atoms with Crippen molar-refractivity contribution in [3.63, 3.8) is 0 Å². The van der Waals surface area contributed by atoms with Crippen LogP contribution in [0.3, 0.4) is 0 Å². The zero-order chi connectivity index (χ0) is 31.5. The molecule has 0 aliphatic heterocycles. The predicted octanol–water partition coefficient (Wildman–Crippen LogP) is 6.59. The number of rotatable bonds is 16. The fourth-order valence-electron chi connectivity index (χ4n) is 4.57. The van der Waals surface area contributed by atoms with Gasteiger partial charge < -0.3 is 14.9 Å². The number of carboxylic acid groups (broad SMARTS) is 1. The largest absolute Gasteiger partial charge is 0.501 e. The van der Waals surface area contributed by atoms with Gasteiger partial charge in [0.15, 0.2) is 5.82 Å². The predicted molar refractivity (Wildman–Crippen MR) is 153 cm³/mol. The summed E-state index contributed by atoms with van der Waals surface area (Å²) in [6.07, 6.45) is 11.5. The molecule has 0 aliphatic rings. The van der Waals surface area contributed by atoms with Crippen LogP contribution in [0, 0.1) is 0 Å². The molecule has 0 bridgehead atoms. The highest BCUT2D eigenvalue weighted by Gasteiger charge is 2.46. The average molecular weight is 624 g/mol. The van der Waals surface area contributed by atoms with E-state index in [1.165, 1.54) is 57.1 Å². The van der Waals surface area contributed by atoms with E-state index in [1.807, 2.05) is 0 Å². The van der Waals surface area contributed by atoms with Crippen LogP contribution in [0.2, 0.25) is 0 Å². The number of aromatic nitrogens is 2. The van der Waals surface area contributed by atoms with Gasteiger partial charge >= 0.3 is 17.4 Å². The molecule has 3 rings (SSSR count). The second-order valence-electron chi connectivity index (χ2n) is 10.3. The number of unbranched alkanes of at least 4 members (excludes halogenated alkanes) is 8. The van der Waals surface area contributed by atoms with Crippen molar-refractivity contribution in [1.82, 2.24) is 15.5 Å². The Morgan fingerprint density at radius 3 is 2.05 bits per heavy atom. The average Bonchev–Trinajstić information content (AvgIpc) is 3.44. The fraction of sp³-hybridized carbons (Fsp3) is 0.467. The first-order chi connectivity index (χ1) is 20.4. The zero-order valence-electron chi connectivity index (χ0n) is 23.9. The molecule has 0 fully saturated rings. The lowest BCUT2D eigenvalue weighted by molar-refractivity contribution is -0.150. The molecule has 0 radical (unpaired) electrons. The van der Waals surface area contributed by atoms with Gasteiger partial charge in [0.2, 0.25) is 0 Å². The molecule has 9 nitrogen and oxygen atoms in total. The van der Waals surface area contributed by atoms with Crippen molar-refractivity contribution in [3.8, 4) is 11.5 Å². The van der Waals surface area contributed by atoms with Gasteiger partial charge in [0, 0.05) is 12.0 Å². The Morgan fingerprint density at radius 2 is 1.49 bits per heavy atom. The highest BCUT2D eigenvalue weighted by atomic mass is 32.2. The number of aryl methyl sites for hydroxylation is 1. The number of aliphatic carboxylic acids is 1. The number of nitrogens with zero attached hydrogens (tertiary/aromatic N) is 2. The molecule has 2 N–H and O–H groups in total. The van der Waals surface area contributed by atoms with Gasteiger partial charge in [0.1, 0.15) is 0 Å². The molecule has 1 aromatic heterocycles. The molecule has 0 saturated heterocycles. The topological polar surface area (TPSA) is 139 Å². The third-order valence-corrected chi connectivity index (χ3v) is 8.51. The number of halogens is 3. The highest BCUT2D eigenvalue weighted by molar-refractivity contribution is 7.92. The first-order valence-electron chi connectivity index (χ1n) is 14.3. The minimum Gasteiger partial charge on any atom is -0.474 e. The van der Waals surface area contributed by atoms with Crippen molar-refractivity contribution >= 4 is 21.7 Å². The van der Waals surface area contributed by atoms with E-state index in [0.717, 1.165) is 25.0 Å². The summed E-state index contributed by atoms with van der Waals surface area (Å²) >= 11 is 0. The van der Waals surface area contributed by atoms with Crippen LogP contribution in [-0.4, -0.2) is 41.0 Å². The molecule has 1 amide bonds. The molecule has 234 valence electrons. The van der Waals surface area contributed by atoms with Crippen molar-refractivity contribution in [2.75, 3.05) is 0 Å². The SMILES string of the molecule is CCCCCCCCCCCc1noc(-c2ccc(C(Cc3ccc(S(=O)(=O)C(F)(F)F)cc3)NC(=O)C(=O)O)cc2)n1. The normalized spacial score (nSPS) is 12.7. The lowest BCUT2D eigenvalue weighted by Gasteiger charge is -2.19. The van der Waals surface area contributed by atoms with Gasteiger partial charge in [-0.25, -0.2) is 13.2 Å². The van der Waals surface area contributed by atoms with Crippen molar-refractivity contribution in [2.45, 2.75) is 94.0 Å². The summed E-state index contributed by atoms with van der Waals surface area (Å²) in [7, 11) is -5.51. The zero-order valence-corrected chi connectivity index (χ0v) is 24.7. The van der Waals surface area contributed by atoms with E-state index in [0.29, 0.717) is 34.8 Å². The number of alkyl halides is 3. The summed E-state index contributed by atoms with van der Waals surface area (Å²) in [5.41, 5.74) is -3.96. The van der Waals surface area contributed by atoms with Crippen LogP contribution in [0.25, 0.3) is 11.5 Å². The van der Waals surface area contributed by atoms with Gasteiger partial charge in [0.05, 0.1) is 10.9 Å². The van der Waals surface area contributed by atoms with E-state index >= 15 is 0 Å². The molecule has 1 atom stereocenters. The van der Waals surface area contributed by atoms with E-state index in [2.05, 4.69) is 22.4 Å². The summed E-state index contributed by atoms with van der Waals surface area (Å²) < 4.78 is 67.3. The van der Waals surface area contributed by atoms with E-state index in [-0.39, 0.29) is 6.42 Å². The Kier molecular flexibility index (Phi) is 12.3. The minimum absolute atomic E-state index is 0.0197. The van der Waals surface area contributed by atoms with Crippen LogP contribution in [0.5, 0.6) is 0 Å². The molecular weight excluding hydrogens is 587 g/mol. The molecule has 3 aromatic rings. The van der Waals surface area contributed by atoms with Crippen LogP contribution < -0.4 is 5.32 Å². The molecular formula is C30H36F3N3O6S. The fourth-order valence-corrected chi connectivity index (χ4v) is 5.33. The van der Waals surface area contributed by atoms with Crippen LogP contribution in [0.1, 0.15) is 87.7 Å². The quantitative estimate of drug-likeness (QED) is 0.135. The van der Waals surface area contributed by atoms with Crippen LogP contribution in [-0.2, 0) is 32.3 Å². The monoisotopic (exact) mass is 623 g/mol. The van der Waals surface area contributed by atoms with Crippen LogP contribution in [0.4, 0.5) is 13.2 Å². The van der Waals surface area contributed by atoms with Gasteiger partial charge in [-0.15, -0.1) is 0 Å². The minimum atomic E-state index is -5.51. The number of sulfone groups is 1. The van der Waals surface area contributed by atoms with E-state index in [9.17, 15) is 31.2 Å². The molecule has 0 spiro atoms. The summed E-state index contributed by atoms with van der Waals surface area (Å²) in [5, 5.41) is 15.5. The van der Waals surface area contributed by atoms with Gasteiger partial charge in [0.25, 0.3) is 15.7 Å². The Balaban J connectivity index is 1.63. The van der Waals surface area contributed by atoms with Crippen LogP contribution in [0.15, 0.2) is 57.9 Å². The Bertz CT molecular complexity index is 1440. The van der Waals surface area contributed by atoms with Gasteiger partial charge in [-0.2, -0.15) is 18.2 Å². The Labute approximate surface area is 248 Å². The highest BCUT2D eigenvalue weighted by Crippen LogP contribution is 2.31. The number of nitrogens with one attached hydrogen (secondary N) is 1. The Morgan fingerprint density at radius 1 is 0.907 bits per heavy atom. The van der Waals surface area contributed by atoms with E-state index in [4.69, 9.17) is 9.63 Å². The third kappa shape index (κ3) is 9.91. The van der Waals surface area contributed by atoms with Gasteiger partial charge in [-0.1, -0.05) is 87.7 Å². The maximum atomic E-state index is 12.9. The smallest absolute Gasteiger partial charge is 0.474 e. The number of carbonyl (C=O) groups is 2. The van der Waals surface area contributed by atoms with Crippen molar-refractivity contribution < 1.29 is 40.8 Å².